The van der Waals surface area contributed by atoms with Crippen molar-refractivity contribution >= 4 is 94.7 Å². The second-order valence-electron chi connectivity index (χ2n) is 26.6. The SMILES string of the molecule is NCCCC[C@H](NC(=O)[C@H](Cc1ccc(O)cc1)NC(=O)[C@H](CCCN=C(N)N)NC(=O)[C@H](CO)NC(=O)[C@H](CCCCN)NC(=O)[C@H](CCCCN)NC(=O)[C@H](CCCN=C(N)N)NC(=O)[C@H](CCCCN)NC(=O)[C@H](CCCN=C(N)N)NC(=O)[C@H](CCCCN)NC(=O)[C@@H](N)CCC(N)=O)C(=O)N[C@@H](CO)C(=O)O. The molecular weight excluding hydrogens is 1470 g/mol. The molecule has 44 heteroatoms. The highest BCUT2D eigenvalue weighted by molar-refractivity contribution is 5.99. The fraction of sp³-hybridized carbons (Fsp3) is 0.676. The standard InChI is InChI=1S/C68H125N27O17/c69-28-6-1-14-42(85-54(100)41(74)26-27-53(75)99)55(101)89-47(19-11-33-82-66(76)77)58(104)87-44(16-3-8-30-71)57(103)90-48(20-12-34-83-67(78)79)59(105)86-43(15-2-7-29-70)56(102)88-45(17-4-9-31-72)61(107)94-51(37-96)64(110)92-49(21-13-35-84-68(80)81)60(106)93-50(36-39-22-24-40(98)25-23-39)63(109)91-46(18-5-10-32-73)62(108)95-52(38-97)65(111)112/h22-25,41-52,96-98H,1-21,26-38,69-74H2,(H2,75,99)(H,85,100)(H,86,105)(H,87,104)(H,88,102)(H,89,101)(H,90,103)(H,91,109)(H,92,110)(H,93,106)(H,94,107)(H,95,108)(H,111,112)(H4,76,77,82)(H4,78,79,83)(H4,80,81,84)/t41-,42-,43-,44-,45-,46-,47-,48-,49-,50-,51-,52-/m0/s1. The number of benzene rings is 1. The van der Waals surface area contributed by atoms with E-state index in [-0.39, 0.29) is 192 Å². The molecule has 41 N–H and O–H groups in total. The lowest BCUT2D eigenvalue weighted by molar-refractivity contribution is -0.143. The summed E-state index contributed by atoms with van der Waals surface area (Å²) in [6.45, 7) is -1.36. The number of hydrogen-bond acceptors (Lipinski definition) is 25. The number of nitrogens with one attached hydrogen (secondary N) is 11. The molecule has 0 spiro atoms. The summed E-state index contributed by atoms with van der Waals surface area (Å²) in [5.74, 6) is -13.8. The maximum Gasteiger partial charge on any atom is 0.328 e. The van der Waals surface area contributed by atoms with Gasteiger partial charge in [0.05, 0.1) is 19.3 Å². The van der Waals surface area contributed by atoms with Crippen molar-refractivity contribution in [2.75, 3.05) is 65.6 Å². The number of hydrogen-bond donors (Lipinski definition) is 28. The van der Waals surface area contributed by atoms with Crippen molar-refractivity contribution in [3.05, 3.63) is 29.8 Å². The molecule has 0 saturated carbocycles. The van der Waals surface area contributed by atoms with Crippen LogP contribution >= 0.6 is 0 Å². The molecule has 0 saturated heterocycles. The number of carboxylic acids is 1. The molecule has 0 aliphatic carbocycles. The van der Waals surface area contributed by atoms with Gasteiger partial charge >= 0.3 is 5.97 Å². The number of unbranched alkanes of at least 4 members (excludes halogenated alkanes) is 5. The van der Waals surface area contributed by atoms with E-state index in [9.17, 15) is 82.8 Å². The minimum absolute atomic E-state index is 0.00309. The summed E-state index contributed by atoms with van der Waals surface area (Å²) in [4.78, 5) is 192. The number of aromatic hydroxyl groups is 1. The number of aliphatic carboxylic acids is 1. The number of nitrogens with two attached hydrogens (primary N) is 13. The van der Waals surface area contributed by atoms with Gasteiger partial charge in [0, 0.05) is 32.5 Å². The van der Waals surface area contributed by atoms with Gasteiger partial charge in [0.1, 0.15) is 72.2 Å². The van der Waals surface area contributed by atoms with Crippen LogP contribution in [-0.4, -0.2) is 253 Å². The Kier molecular flexibility index (Phi) is 51.3. The number of nitrogens with zero attached hydrogens (tertiary/aromatic N) is 3. The van der Waals surface area contributed by atoms with Gasteiger partial charge in [-0.2, -0.15) is 0 Å². The highest BCUT2D eigenvalue weighted by atomic mass is 16.4. The monoisotopic (exact) mass is 1590 g/mol. The van der Waals surface area contributed by atoms with Crippen LogP contribution in [0.1, 0.15) is 153 Å². The zero-order valence-corrected chi connectivity index (χ0v) is 63.7. The number of aliphatic imine (C=N–C) groups is 3. The highest BCUT2D eigenvalue weighted by Crippen LogP contribution is 2.16. The molecule has 0 bridgehead atoms. The van der Waals surface area contributed by atoms with Crippen molar-refractivity contribution in [3.8, 4) is 5.75 Å². The van der Waals surface area contributed by atoms with E-state index in [4.69, 9.17) is 74.5 Å². The Bertz CT molecular complexity index is 3180. The summed E-state index contributed by atoms with van der Waals surface area (Å²) in [7, 11) is 0. The van der Waals surface area contributed by atoms with E-state index in [1.165, 1.54) is 24.3 Å². The van der Waals surface area contributed by atoms with E-state index in [1.807, 2.05) is 0 Å². The summed E-state index contributed by atoms with van der Waals surface area (Å²) >= 11 is 0. The van der Waals surface area contributed by atoms with Crippen molar-refractivity contribution in [2.45, 2.75) is 227 Å². The molecule has 112 heavy (non-hydrogen) atoms. The predicted molar refractivity (Wildman–Crippen MR) is 416 cm³/mol. The number of phenolic OH excluding ortho intramolecular Hbond substituents is 1. The fourth-order valence-electron chi connectivity index (χ4n) is 11.0. The van der Waals surface area contributed by atoms with Gasteiger partial charge < -0.3 is 153 Å². The Labute approximate surface area is 650 Å². The first-order valence-corrected chi connectivity index (χ1v) is 37.6. The topological polar surface area (TPSA) is 810 Å². The molecular formula is C68H125N27O17. The molecule has 12 amide bonds. The summed E-state index contributed by atoms with van der Waals surface area (Å²) in [6.07, 6.45) is 1.66. The summed E-state index contributed by atoms with van der Waals surface area (Å²) in [6, 6.07) is -12.6. The van der Waals surface area contributed by atoms with Crippen LogP contribution in [0.2, 0.25) is 0 Å². The number of primary amides is 1. The van der Waals surface area contributed by atoms with Crippen LogP contribution < -0.4 is 133 Å². The van der Waals surface area contributed by atoms with Gasteiger partial charge in [-0.25, -0.2) is 4.79 Å². The lowest BCUT2D eigenvalue weighted by Crippen LogP contribution is -2.61. The van der Waals surface area contributed by atoms with Gasteiger partial charge in [0.2, 0.25) is 70.9 Å². The third-order valence-corrected chi connectivity index (χ3v) is 17.3. The van der Waals surface area contributed by atoms with Gasteiger partial charge in [-0.3, -0.25) is 72.5 Å². The molecule has 44 nitrogen and oxygen atoms in total. The predicted octanol–water partition coefficient (Wildman–Crippen LogP) is -10.3. The van der Waals surface area contributed by atoms with Crippen molar-refractivity contribution in [1.82, 2.24) is 58.5 Å². The number of amides is 12. The first-order valence-electron chi connectivity index (χ1n) is 37.6. The molecule has 1 aromatic rings. The Balaban J connectivity index is 3.88. The molecule has 0 radical (unpaired) electrons. The minimum atomic E-state index is -1.87. The van der Waals surface area contributed by atoms with Gasteiger partial charge in [0.15, 0.2) is 17.9 Å². The maximum absolute atomic E-state index is 14.8. The Morgan fingerprint density at radius 3 is 0.795 bits per heavy atom. The zero-order valence-electron chi connectivity index (χ0n) is 63.7. The van der Waals surface area contributed by atoms with Crippen LogP contribution in [-0.2, 0) is 68.7 Å². The largest absolute Gasteiger partial charge is 0.508 e. The van der Waals surface area contributed by atoms with E-state index in [0.717, 1.165) is 0 Å². The lowest BCUT2D eigenvalue weighted by Gasteiger charge is -2.28. The number of rotatable bonds is 62. The Morgan fingerprint density at radius 1 is 0.312 bits per heavy atom. The summed E-state index contributed by atoms with van der Waals surface area (Å²) in [5.41, 5.74) is 74.1. The first-order chi connectivity index (χ1) is 53.3. The van der Waals surface area contributed by atoms with E-state index < -0.39 is 163 Å². The third kappa shape index (κ3) is 42.7. The van der Waals surface area contributed by atoms with Crippen molar-refractivity contribution in [1.29, 1.82) is 0 Å². The number of aliphatic hydroxyl groups excluding tert-OH is 2. The highest BCUT2D eigenvalue weighted by Gasteiger charge is 2.37. The molecule has 1 rings (SSSR count). The second-order valence-corrected chi connectivity index (χ2v) is 26.6. The van der Waals surface area contributed by atoms with Crippen LogP contribution in [0.15, 0.2) is 39.2 Å². The van der Waals surface area contributed by atoms with Crippen LogP contribution in [0.5, 0.6) is 5.75 Å². The van der Waals surface area contributed by atoms with Crippen LogP contribution in [0.4, 0.5) is 0 Å². The molecule has 0 fully saturated rings. The number of phenols is 1. The molecule has 0 unspecified atom stereocenters. The minimum Gasteiger partial charge on any atom is -0.508 e. The molecule has 0 aromatic heterocycles. The molecule has 1 aromatic carbocycles. The maximum atomic E-state index is 14.8. The quantitative estimate of drug-likeness (QED) is 0.0164. The first kappa shape index (κ1) is 99.6. The lowest BCUT2D eigenvalue weighted by atomic mass is 10.0. The van der Waals surface area contributed by atoms with Crippen molar-refractivity contribution < 1.29 is 82.8 Å². The number of carboxylic acid groups (broad SMARTS) is 1. The number of carbonyl (C=O) groups is 13. The molecule has 0 aliphatic heterocycles. The average molecular weight is 1590 g/mol. The Morgan fingerprint density at radius 2 is 0.545 bits per heavy atom. The van der Waals surface area contributed by atoms with E-state index >= 15 is 0 Å². The average Bonchev–Trinajstić information content (AvgIpc) is 0.857. The van der Waals surface area contributed by atoms with E-state index in [1.54, 1.807) is 0 Å². The fourth-order valence-corrected chi connectivity index (χ4v) is 11.0. The van der Waals surface area contributed by atoms with Crippen LogP contribution in [0.3, 0.4) is 0 Å². The molecule has 0 heterocycles. The van der Waals surface area contributed by atoms with Crippen LogP contribution in [0, 0.1) is 0 Å². The van der Waals surface area contributed by atoms with Crippen molar-refractivity contribution in [2.24, 2.45) is 89.5 Å². The Hall–Kier alpha value is -10.4. The summed E-state index contributed by atoms with van der Waals surface area (Å²) < 4.78 is 0. The third-order valence-electron chi connectivity index (χ3n) is 17.3. The van der Waals surface area contributed by atoms with E-state index in [0.29, 0.717) is 44.1 Å². The smallest absolute Gasteiger partial charge is 0.328 e. The van der Waals surface area contributed by atoms with Crippen molar-refractivity contribution in [3.63, 3.8) is 0 Å². The zero-order chi connectivity index (χ0) is 84.1. The normalized spacial score (nSPS) is 14.2. The summed E-state index contributed by atoms with van der Waals surface area (Å²) in [5, 5.41) is 68.1. The molecule has 634 valence electrons. The second kappa shape index (κ2) is 57.6. The van der Waals surface area contributed by atoms with Gasteiger partial charge in [0.25, 0.3) is 0 Å². The van der Waals surface area contributed by atoms with Gasteiger partial charge in [-0.05, 0) is 192 Å². The van der Waals surface area contributed by atoms with E-state index in [2.05, 4.69) is 73.5 Å². The molecule has 0 aliphatic rings. The van der Waals surface area contributed by atoms with Gasteiger partial charge in [-0.1, -0.05) is 12.1 Å². The number of guanidine groups is 3. The van der Waals surface area contributed by atoms with Crippen LogP contribution in [0.25, 0.3) is 0 Å². The number of carbonyl (C=O) groups excluding carboxylic acids is 12. The van der Waals surface area contributed by atoms with Gasteiger partial charge in [-0.15, -0.1) is 0 Å². The molecule has 12 atom stereocenters. The number of aliphatic hydroxyl groups is 2.